The number of nitrogens with two attached hydrogens (primary N) is 1. The third-order valence-electron chi connectivity index (χ3n) is 3.00. The van der Waals surface area contributed by atoms with Gasteiger partial charge >= 0.3 is 0 Å². The minimum Gasteiger partial charge on any atom is -0.379 e. The maximum Gasteiger partial charge on any atom is 0.249 e. The van der Waals surface area contributed by atoms with Gasteiger partial charge in [0.05, 0.1) is 12.3 Å². The normalized spacial score (nSPS) is 23.7. The lowest BCUT2D eigenvalue weighted by Gasteiger charge is -2.27. The van der Waals surface area contributed by atoms with Crippen LogP contribution in [0.5, 0.6) is 0 Å². The van der Waals surface area contributed by atoms with Crippen molar-refractivity contribution < 1.29 is 13.9 Å². The fraction of sp³-hybridized carbons (Fsp3) is 0.417. The second-order valence-electron chi connectivity index (χ2n) is 4.27. The molecular weight excluding hydrogens is 223 g/mol. The van der Waals surface area contributed by atoms with Crippen molar-refractivity contribution in [1.82, 2.24) is 0 Å². The Morgan fingerprint density at radius 3 is 2.82 bits per heavy atom. The van der Waals surface area contributed by atoms with Crippen LogP contribution in [0.15, 0.2) is 24.3 Å². The highest BCUT2D eigenvalue weighted by Crippen LogP contribution is 2.23. The number of halogens is 1. The molecule has 1 unspecified atom stereocenters. The molecule has 0 aromatic heterocycles. The highest BCUT2D eigenvalue weighted by Gasteiger charge is 2.40. The minimum atomic E-state index is -1.03. The van der Waals surface area contributed by atoms with Crippen molar-refractivity contribution in [3.63, 3.8) is 0 Å². The van der Waals surface area contributed by atoms with Gasteiger partial charge in [0.1, 0.15) is 11.4 Å². The number of anilines is 1. The summed E-state index contributed by atoms with van der Waals surface area (Å²) in [6, 6.07) is 6.12. The van der Waals surface area contributed by atoms with Gasteiger partial charge in [0.2, 0.25) is 5.91 Å². The number of hydrogen-bond acceptors (Lipinski definition) is 3. The van der Waals surface area contributed by atoms with Crippen LogP contribution in [-0.4, -0.2) is 31.7 Å². The van der Waals surface area contributed by atoms with E-state index in [1.807, 2.05) is 0 Å². The van der Waals surface area contributed by atoms with Crippen molar-refractivity contribution in [2.45, 2.75) is 12.0 Å². The lowest BCUT2D eigenvalue weighted by atomic mass is 9.98. The van der Waals surface area contributed by atoms with Crippen LogP contribution < -0.4 is 10.6 Å². The Morgan fingerprint density at radius 2 is 2.24 bits per heavy atom. The summed E-state index contributed by atoms with van der Waals surface area (Å²) in [5.41, 5.74) is 5.15. The van der Waals surface area contributed by atoms with E-state index >= 15 is 0 Å². The zero-order valence-corrected chi connectivity index (χ0v) is 9.65. The standard InChI is InChI=1S/C12H15FN2O2/c1-15(10-5-3-2-4-9(10)13)11(16)12(14)6-7-17-8-12/h2-5H,6-8,14H2,1H3. The second kappa shape index (κ2) is 4.43. The fourth-order valence-corrected chi connectivity index (χ4v) is 1.92. The molecule has 0 bridgehead atoms. The first kappa shape index (κ1) is 12.0. The van der Waals surface area contributed by atoms with Gasteiger partial charge in [-0.15, -0.1) is 0 Å². The first-order valence-electron chi connectivity index (χ1n) is 5.44. The number of rotatable bonds is 2. The molecule has 1 amide bonds. The molecule has 1 saturated heterocycles. The van der Waals surface area contributed by atoms with E-state index in [1.165, 1.54) is 18.0 Å². The highest BCUT2D eigenvalue weighted by molar-refractivity contribution is 6.00. The molecule has 0 spiro atoms. The number of hydrogen-bond donors (Lipinski definition) is 1. The predicted molar refractivity (Wildman–Crippen MR) is 62.2 cm³/mol. The number of nitrogens with zero attached hydrogens (tertiary/aromatic N) is 1. The van der Waals surface area contributed by atoms with Crippen LogP contribution in [0.2, 0.25) is 0 Å². The molecule has 1 heterocycles. The molecule has 2 N–H and O–H groups in total. The van der Waals surface area contributed by atoms with Gasteiger partial charge < -0.3 is 15.4 Å². The van der Waals surface area contributed by atoms with Crippen molar-refractivity contribution in [3.05, 3.63) is 30.1 Å². The van der Waals surface area contributed by atoms with E-state index in [2.05, 4.69) is 0 Å². The predicted octanol–water partition coefficient (Wildman–Crippen LogP) is 0.906. The third kappa shape index (κ3) is 2.16. The van der Waals surface area contributed by atoms with Crippen molar-refractivity contribution in [3.8, 4) is 0 Å². The van der Waals surface area contributed by atoms with Gasteiger partial charge in [-0.2, -0.15) is 0 Å². The molecule has 4 nitrogen and oxygen atoms in total. The van der Waals surface area contributed by atoms with Crippen LogP contribution in [0.3, 0.4) is 0 Å². The number of ether oxygens (including phenoxy) is 1. The summed E-state index contributed by atoms with van der Waals surface area (Å²) >= 11 is 0. The average Bonchev–Trinajstić information content (AvgIpc) is 2.76. The molecular formula is C12H15FN2O2. The lowest BCUT2D eigenvalue weighted by molar-refractivity contribution is -0.123. The highest BCUT2D eigenvalue weighted by atomic mass is 19.1. The Balaban J connectivity index is 2.23. The van der Waals surface area contributed by atoms with E-state index in [-0.39, 0.29) is 18.2 Å². The largest absolute Gasteiger partial charge is 0.379 e. The molecule has 92 valence electrons. The summed E-state index contributed by atoms with van der Waals surface area (Å²) in [6.45, 7) is 0.651. The van der Waals surface area contributed by atoms with Crippen LogP contribution in [0.25, 0.3) is 0 Å². The second-order valence-corrected chi connectivity index (χ2v) is 4.27. The number of carbonyl (C=O) groups excluding carboxylic acids is 1. The van der Waals surface area contributed by atoms with Crippen LogP contribution in [0.4, 0.5) is 10.1 Å². The molecule has 1 atom stereocenters. The Morgan fingerprint density at radius 1 is 1.53 bits per heavy atom. The zero-order valence-electron chi connectivity index (χ0n) is 9.65. The molecule has 1 aromatic rings. The molecule has 1 fully saturated rings. The fourth-order valence-electron chi connectivity index (χ4n) is 1.92. The summed E-state index contributed by atoms with van der Waals surface area (Å²) in [7, 11) is 1.52. The van der Waals surface area contributed by atoms with Crippen molar-refractivity contribution in [1.29, 1.82) is 0 Å². The van der Waals surface area contributed by atoms with Gasteiger partial charge in [0, 0.05) is 13.7 Å². The van der Waals surface area contributed by atoms with Gasteiger partial charge in [-0.25, -0.2) is 4.39 Å². The summed E-state index contributed by atoms with van der Waals surface area (Å²) in [4.78, 5) is 13.4. The van der Waals surface area contributed by atoms with Crippen LogP contribution in [0, 0.1) is 5.82 Å². The number of benzene rings is 1. The Hall–Kier alpha value is -1.46. The van der Waals surface area contributed by atoms with Crippen molar-refractivity contribution >= 4 is 11.6 Å². The number of carbonyl (C=O) groups is 1. The van der Waals surface area contributed by atoms with E-state index < -0.39 is 11.4 Å². The molecule has 0 aliphatic carbocycles. The van der Waals surface area contributed by atoms with Crippen LogP contribution in [0.1, 0.15) is 6.42 Å². The average molecular weight is 238 g/mol. The van der Waals surface area contributed by atoms with Crippen LogP contribution in [-0.2, 0) is 9.53 Å². The molecule has 2 rings (SSSR count). The quantitative estimate of drug-likeness (QED) is 0.833. The van der Waals surface area contributed by atoms with Gasteiger partial charge in [-0.3, -0.25) is 4.79 Å². The first-order chi connectivity index (χ1) is 8.04. The van der Waals surface area contributed by atoms with E-state index in [4.69, 9.17) is 10.5 Å². The lowest BCUT2D eigenvalue weighted by Crippen LogP contribution is -2.55. The maximum absolute atomic E-state index is 13.5. The Kier molecular flexibility index (Phi) is 3.13. The minimum absolute atomic E-state index is 0.185. The van der Waals surface area contributed by atoms with Gasteiger partial charge in [0.15, 0.2) is 0 Å². The molecule has 5 heteroatoms. The van der Waals surface area contributed by atoms with E-state index in [9.17, 15) is 9.18 Å². The molecule has 0 saturated carbocycles. The molecule has 0 radical (unpaired) electrons. The summed E-state index contributed by atoms with van der Waals surface area (Å²) in [5.74, 6) is -0.758. The smallest absolute Gasteiger partial charge is 0.249 e. The van der Waals surface area contributed by atoms with Crippen LogP contribution >= 0.6 is 0 Å². The Bertz CT molecular complexity index is 430. The monoisotopic (exact) mass is 238 g/mol. The molecule has 1 aliphatic heterocycles. The number of para-hydroxylation sites is 1. The van der Waals surface area contributed by atoms with Gasteiger partial charge in [-0.1, -0.05) is 12.1 Å². The molecule has 1 aliphatic rings. The zero-order chi connectivity index (χ0) is 12.5. The van der Waals surface area contributed by atoms with E-state index in [1.54, 1.807) is 18.2 Å². The number of likely N-dealkylation sites (N-methyl/N-ethyl adjacent to an activating group) is 1. The SMILES string of the molecule is CN(C(=O)C1(N)CCOC1)c1ccccc1F. The molecule has 1 aromatic carbocycles. The van der Waals surface area contributed by atoms with Crippen molar-refractivity contribution in [2.75, 3.05) is 25.2 Å². The summed E-state index contributed by atoms with van der Waals surface area (Å²) in [6.07, 6.45) is 0.463. The first-order valence-corrected chi connectivity index (χ1v) is 5.44. The maximum atomic E-state index is 13.5. The summed E-state index contributed by atoms with van der Waals surface area (Å²) < 4.78 is 18.7. The summed E-state index contributed by atoms with van der Waals surface area (Å²) in [5, 5.41) is 0. The van der Waals surface area contributed by atoms with E-state index in [0.717, 1.165) is 0 Å². The van der Waals surface area contributed by atoms with Crippen molar-refractivity contribution in [2.24, 2.45) is 5.73 Å². The topological polar surface area (TPSA) is 55.6 Å². The number of amides is 1. The molecule has 17 heavy (non-hydrogen) atoms. The van der Waals surface area contributed by atoms with Gasteiger partial charge in [-0.05, 0) is 18.6 Å². The third-order valence-corrected chi connectivity index (χ3v) is 3.00. The Labute approximate surface area is 99.2 Å². The van der Waals surface area contributed by atoms with E-state index in [0.29, 0.717) is 13.0 Å². The van der Waals surface area contributed by atoms with Gasteiger partial charge in [0.25, 0.3) is 0 Å².